The lowest BCUT2D eigenvalue weighted by Crippen LogP contribution is -2.32. The molecule has 0 amide bonds. The van der Waals surface area contributed by atoms with Gasteiger partial charge in [0, 0.05) is 39.0 Å². The zero-order valence-electron chi connectivity index (χ0n) is 40.0. The van der Waals surface area contributed by atoms with Gasteiger partial charge >= 0.3 is 0 Å². The van der Waals surface area contributed by atoms with Gasteiger partial charge in [0.15, 0.2) is 0 Å². The average Bonchev–Trinajstić information content (AvgIpc) is 3.74. The van der Waals surface area contributed by atoms with Crippen molar-refractivity contribution in [1.82, 2.24) is 0 Å². The molecule has 0 saturated carbocycles. The highest BCUT2D eigenvalue weighted by molar-refractivity contribution is 6.00. The standard InChI is InChI=1S/C70H49NO/c1-3-18-47(19-4-2)55-42-56(48-20-7-5-8-21-48)45-59(44-55)71(57-25-9-6-10-26-57)58-27-17-24-53(43-58)49-32-34-50(35-33-49)54-36-39-63-62-30-15-16-31-64(62)70(67(63)46-54)65-40-37-51-22-11-13-28-60(51)68(65)72-69-61-29-14-12-23-52(61)38-41-66(69)70/h3-46H,1H2,2H3/b19-4-,47-18+. The molecule has 1 spiro atoms. The van der Waals surface area contributed by atoms with Crippen molar-refractivity contribution < 1.29 is 4.74 Å². The monoisotopic (exact) mass is 919 g/mol. The minimum atomic E-state index is -0.610. The summed E-state index contributed by atoms with van der Waals surface area (Å²) >= 11 is 0. The molecule has 0 fully saturated rings. The van der Waals surface area contributed by atoms with E-state index in [0.717, 1.165) is 89.1 Å². The van der Waals surface area contributed by atoms with Crippen LogP contribution in [0.15, 0.2) is 274 Å². The Kier molecular flexibility index (Phi) is 10.5. The molecule has 1 heterocycles. The summed E-state index contributed by atoms with van der Waals surface area (Å²) in [5, 5.41) is 4.56. The fraction of sp³-hybridized carbons (Fsp3) is 0.0286. The van der Waals surface area contributed by atoms with Crippen LogP contribution in [0.3, 0.4) is 0 Å². The van der Waals surface area contributed by atoms with Crippen LogP contribution in [0.1, 0.15) is 34.7 Å². The molecule has 2 nitrogen and oxygen atoms in total. The normalized spacial score (nSPS) is 13.1. The van der Waals surface area contributed by atoms with Gasteiger partial charge in [0.2, 0.25) is 0 Å². The topological polar surface area (TPSA) is 12.5 Å². The molecule has 0 unspecified atom stereocenters. The zero-order chi connectivity index (χ0) is 48.2. The number of rotatable bonds is 9. The van der Waals surface area contributed by atoms with Crippen LogP contribution in [0.5, 0.6) is 11.5 Å². The van der Waals surface area contributed by atoms with Gasteiger partial charge in [-0.2, -0.15) is 0 Å². The molecule has 0 radical (unpaired) electrons. The summed E-state index contributed by atoms with van der Waals surface area (Å²) in [6, 6.07) is 88.7. The fourth-order valence-corrected chi connectivity index (χ4v) is 11.5. The van der Waals surface area contributed by atoms with Crippen molar-refractivity contribution in [3.05, 3.63) is 301 Å². The van der Waals surface area contributed by atoms with E-state index in [1.807, 2.05) is 6.08 Å². The highest BCUT2D eigenvalue weighted by Gasteiger charge is 2.52. The average molecular weight is 920 g/mol. The molecule has 0 saturated heterocycles. The quantitative estimate of drug-likeness (QED) is 0.134. The third kappa shape index (κ3) is 6.94. The summed E-state index contributed by atoms with van der Waals surface area (Å²) < 4.78 is 7.21. The predicted molar refractivity (Wildman–Crippen MR) is 303 cm³/mol. The highest BCUT2D eigenvalue weighted by atomic mass is 16.5. The number of fused-ring (bicyclic) bond motifs is 13. The number of anilines is 3. The molecule has 13 rings (SSSR count). The van der Waals surface area contributed by atoms with Crippen molar-refractivity contribution in [2.75, 3.05) is 4.90 Å². The van der Waals surface area contributed by atoms with Gasteiger partial charge in [0.05, 0.1) is 5.41 Å². The molecular weight excluding hydrogens is 871 g/mol. The number of hydrogen-bond acceptors (Lipinski definition) is 2. The van der Waals surface area contributed by atoms with Crippen molar-refractivity contribution in [2.45, 2.75) is 12.3 Å². The van der Waals surface area contributed by atoms with Crippen LogP contribution in [0.4, 0.5) is 17.1 Å². The summed E-state index contributed by atoms with van der Waals surface area (Å²) in [6.45, 7) is 6.11. The Morgan fingerprint density at radius 3 is 1.64 bits per heavy atom. The summed E-state index contributed by atoms with van der Waals surface area (Å²) in [5.41, 5.74) is 19.1. The van der Waals surface area contributed by atoms with E-state index < -0.39 is 5.41 Å². The van der Waals surface area contributed by atoms with Crippen LogP contribution in [0, 0.1) is 0 Å². The van der Waals surface area contributed by atoms with Gasteiger partial charge in [-0.3, -0.25) is 0 Å². The second kappa shape index (κ2) is 17.6. The zero-order valence-corrected chi connectivity index (χ0v) is 40.0. The van der Waals surface area contributed by atoms with Crippen LogP contribution in [0.25, 0.3) is 71.6 Å². The maximum atomic E-state index is 7.21. The first-order valence-electron chi connectivity index (χ1n) is 24.8. The predicted octanol–water partition coefficient (Wildman–Crippen LogP) is 19.1. The van der Waals surface area contributed by atoms with Crippen molar-refractivity contribution in [2.24, 2.45) is 0 Å². The Bertz CT molecular complexity index is 3890. The Morgan fingerprint density at radius 1 is 0.417 bits per heavy atom. The lowest BCUT2D eigenvalue weighted by molar-refractivity contribution is 0.447. The van der Waals surface area contributed by atoms with Crippen LogP contribution in [-0.4, -0.2) is 0 Å². The molecule has 2 aliphatic rings. The first kappa shape index (κ1) is 42.8. The van der Waals surface area contributed by atoms with Crippen molar-refractivity contribution in [3.63, 3.8) is 0 Å². The van der Waals surface area contributed by atoms with E-state index in [4.69, 9.17) is 4.74 Å². The van der Waals surface area contributed by atoms with Crippen LogP contribution < -0.4 is 9.64 Å². The summed E-state index contributed by atoms with van der Waals surface area (Å²) in [4.78, 5) is 2.37. The van der Waals surface area contributed by atoms with Gasteiger partial charge in [-0.05, 0) is 133 Å². The molecule has 2 heteroatoms. The molecular formula is C70H49NO. The van der Waals surface area contributed by atoms with Crippen LogP contribution in [-0.2, 0) is 5.41 Å². The van der Waals surface area contributed by atoms with E-state index in [2.05, 4.69) is 279 Å². The number of allylic oxidation sites excluding steroid dienone is 5. The van der Waals surface area contributed by atoms with Gasteiger partial charge in [-0.25, -0.2) is 0 Å². The molecule has 11 aromatic carbocycles. The Hall–Kier alpha value is -9.24. The number of ether oxygens (including phenoxy) is 1. The SMILES string of the molecule is C=C/C=C(\C=C/C)c1cc(-c2ccccc2)cc(N(c2ccccc2)c2cccc(-c3ccc(-c4ccc5c(c4)C4(c6ccccc6-5)c5ccc6ccccc6c5Oc5c4ccc4ccccc54)cc3)c2)c1. The van der Waals surface area contributed by atoms with E-state index >= 15 is 0 Å². The third-order valence-electron chi connectivity index (χ3n) is 14.7. The minimum absolute atomic E-state index is 0.610. The summed E-state index contributed by atoms with van der Waals surface area (Å²) in [5.74, 6) is 1.85. The van der Waals surface area contributed by atoms with Crippen LogP contribution >= 0.6 is 0 Å². The maximum Gasteiger partial charge on any atom is 0.140 e. The molecule has 340 valence electrons. The third-order valence-corrected chi connectivity index (χ3v) is 14.7. The second-order valence-corrected chi connectivity index (χ2v) is 18.8. The maximum absolute atomic E-state index is 7.21. The molecule has 0 N–H and O–H groups in total. The van der Waals surface area contributed by atoms with Gasteiger partial charge < -0.3 is 9.64 Å². The molecule has 0 atom stereocenters. The largest absolute Gasteiger partial charge is 0.455 e. The fourth-order valence-electron chi connectivity index (χ4n) is 11.5. The van der Waals surface area contributed by atoms with Crippen molar-refractivity contribution in [1.29, 1.82) is 0 Å². The smallest absolute Gasteiger partial charge is 0.140 e. The second-order valence-electron chi connectivity index (χ2n) is 18.8. The molecule has 72 heavy (non-hydrogen) atoms. The number of benzene rings is 11. The van der Waals surface area contributed by atoms with E-state index in [1.54, 1.807) is 0 Å². The van der Waals surface area contributed by atoms with E-state index in [1.165, 1.54) is 38.9 Å². The molecule has 1 aliphatic carbocycles. The first-order valence-corrected chi connectivity index (χ1v) is 24.8. The lowest BCUT2D eigenvalue weighted by atomic mass is 9.65. The number of hydrogen-bond donors (Lipinski definition) is 0. The first-order chi connectivity index (χ1) is 35.6. The molecule has 11 aromatic rings. The Morgan fingerprint density at radius 2 is 0.958 bits per heavy atom. The van der Waals surface area contributed by atoms with E-state index in [9.17, 15) is 0 Å². The Balaban J connectivity index is 0.928. The van der Waals surface area contributed by atoms with E-state index in [0.29, 0.717) is 0 Å². The molecule has 0 bridgehead atoms. The van der Waals surface area contributed by atoms with Gasteiger partial charge in [-0.15, -0.1) is 0 Å². The van der Waals surface area contributed by atoms with Crippen molar-refractivity contribution >= 4 is 44.2 Å². The summed E-state index contributed by atoms with van der Waals surface area (Å²) in [6.07, 6.45) is 8.18. The van der Waals surface area contributed by atoms with Gasteiger partial charge in [0.1, 0.15) is 11.5 Å². The van der Waals surface area contributed by atoms with Gasteiger partial charge in [-0.1, -0.05) is 225 Å². The Labute approximate surface area is 421 Å². The van der Waals surface area contributed by atoms with Crippen molar-refractivity contribution in [3.8, 4) is 56.0 Å². The molecule has 1 aliphatic heterocycles. The van der Waals surface area contributed by atoms with Crippen LogP contribution in [0.2, 0.25) is 0 Å². The highest BCUT2D eigenvalue weighted by Crippen LogP contribution is 2.64. The number of nitrogens with zero attached hydrogens (tertiary/aromatic N) is 1. The molecule has 0 aromatic heterocycles. The number of para-hydroxylation sites is 1. The minimum Gasteiger partial charge on any atom is -0.455 e. The lowest BCUT2D eigenvalue weighted by Gasteiger charge is -2.40. The van der Waals surface area contributed by atoms with E-state index in [-0.39, 0.29) is 0 Å². The van der Waals surface area contributed by atoms with Gasteiger partial charge in [0.25, 0.3) is 0 Å². The summed E-state index contributed by atoms with van der Waals surface area (Å²) in [7, 11) is 0.